The topological polar surface area (TPSA) is 32.3 Å². The van der Waals surface area contributed by atoms with Gasteiger partial charge in [-0.15, -0.1) is 0 Å². The summed E-state index contributed by atoms with van der Waals surface area (Å²) in [6, 6.07) is 0. The molecule has 0 aromatic rings. The smallest absolute Gasteiger partial charge is 0.0512 e. The highest BCUT2D eigenvalue weighted by atomic mass is 16.3. The molecule has 0 amide bonds. The third-order valence-corrected chi connectivity index (χ3v) is 1.48. The van der Waals surface area contributed by atoms with E-state index < -0.39 is 0 Å². The fraction of sp³-hybridized carbons (Fsp3) is 1.00. The second-order valence-corrected chi connectivity index (χ2v) is 2.70. The summed E-state index contributed by atoms with van der Waals surface area (Å²) in [6.45, 7) is 6.08. The van der Waals surface area contributed by atoms with Crippen molar-refractivity contribution in [1.82, 2.24) is 5.32 Å². The average Bonchev–Trinajstić information content (AvgIpc) is 1.87. The first-order valence-corrected chi connectivity index (χ1v) is 4.16. The third kappa shape index (κ3) is 7.92. The first-order valence-electron chi connectivity index (χ1n) is 4.16. The molecule has 0 aromatic heterocycles. The van der Waals surface area contributed by atoms with Gasteiger partial charge in [0.1, 0.15) is 0 Å². The van der Waals surface area contributed by atoms with E-state index in [1.807, 2.05) is 6.92 Å². The van der Waals surface area contributed by atoms with Gasteiger partial charge in [-0.2, -0.15) is 0 Å². The van der Waals surface area contributed by atoms with Crippen molar-refractivity contribution in [3.05, 3.63) is 0 Å². The molecule has 10 heavy (non-hydrogen) atoms. The predicted octanol–water partition coefficient (Wildman–Crippen LogP) is 1.15. The molecule has 1 unspecified atom stereocenters. The molecule has 0 aromatic carbocycles. The second kappa shape index (κ2) is 7.03. The Morgan fingerprint density at radius 2 is 2.10 bits per heavy atom. The molecule has 0 rings (SSSR count). The van der Waals surface area contributed by atoms with E-state index in [0.717, 1.165) is 25.9 Å². The predicted molar refractivity (Wildman–Crippen MR) is 44.1 cm³/mol. The molecule has 0 saturated heterocycles. The van der Waals surface area contributed by atoms with Crippen molar-refractivity contribution in [2.75, 3.05) is 13.1 Å². The van der Waals surface area contributed by atoms with Crippen molar-refractivity contribution in [1.29, 1.82) is 0 Å². The molecule has 0 spiro atoms. The van der Waals surface area contributed by atoms with Crippen molar-refractivity contribution in [2.24, 2.45) is 0 Å². The van der Waals surface area contributed by atoms with Gasteiger partial charge in [0, 0.05) is 0 Å². The Labute approximate surface area is 63.6 Å². The summed E-state index contributed by atoms with van der Waals surface area (Å²) >= 11 is 0. The lowest BCUT2D eigenvalue weighted by Crippen LogP contribution is -2.14. The van der Waals surface area contributed by atoms with E-state index in [0.29, 0.717) is 0 Å². The molecule has 0 heterocycles. The molecule has 0 fully saturated rings. The summed E-state index contributed by atoms with van der Waals surface area (Å²) < 4.78 is 0. The van der Waals surface area contributed by atoms with E-state index in [1.54, 1.807) is 0 Å². The fourth-order valence-electron chi connectivity index (χ4n) is 0.867. The number of nitrogens with one attached hydrogen (secondary N) is 1. The van der Waals surface area contributed by atoms with E-state index in [4.69, 9.17) is 5.11 Å². The van der Waals surface area contributed by atoms with Gasteiger partial charge in [-0.3, -0.25) is 0 Å². The zero-order chi connectivity index (χ0) is 7.82. The number of aliphatic hydroxyl groups excluding tert-OH is 1. The van der Waals surface area contributed by atoms with Gasteiger partial charge >= 0.3 is 0 Å². The molecule has 0 aliphatic heterocycles. The normalized spacial score (nSPS) is 13.5. The number of unbranched alkanes of at least 4 members (excludes halogenated alkanes) is 1. The third-order valence-electron chi connectivity index (χ3n) is 1.48. The van der Waals surface area contributed by atoms with Crippen molar-refractivity contribution < 1.29 is 5.11 Å². The maximum absolute atomic E-state index is 8.89. The molecule has 62 valence electrons. The van der Waals surface area contributed by atoms with Crippen LogP contribution in [0.4, 0.5) is 0 Å². The highest BCUT2D eigenvalue weighted by Crippen LogP contribution is 1.98. The van der Waals surface area contributed by atoms with Crippen LogP contribution in [0.5, 0.6) is 0 Å². The Balaban J connectivity index is 2.77. The van der Waals surface area contributed by atoms with Crippen molar-refractivity contribution in [2.45, 2.75) is 39.2 Å². The molecule has 0 aliphatic carbocycles. The van der Waals surface area contributed by atoms with E-state index in [-0.39, 0.29) is 6.10 Å². The van der Waals surface area contributed by atoms with E-state index in [2.05, 4.69) is 12.2 Å². The van der Waals surface area contributed by atoms with Gasteiger partial charge in [-0.25, -0.2) is 0 Å². The van der Waals surface area contributed by atoms with Crippen LogP contribution < -0.4 is 5.32 Å². The van der Waals surface area contributed by atoms with Crippen LogP contribution in [-0.4, -0.2) is 24.3 Å². The highest BCUT2D eigenvalue weighted by Gasteiger charge is 1.93. The zero-order valence-electron chi connectivity index (χ0n) is 7.06. The van der Waals surface area contributed by atoms with Crippen LogP contribution in [0.2, 0.25) is 0 Å². The van der Waals surface area contributed by atoms with Crippen LogP contribution in [0.25, 0.3) is 0 Å². The van der Waals surface area contributed by atoms with E-state index in [9.17, 15) is 0 Å². The summed E-state index contributed by atoms with van der Waals surface area (Å²) in [7, 11) is 0. The lowest BCUT2D eigenvalue weighted by molar-refractivity contribution is 0.180. The summed E-state index contributed by atoms with van der Waals surface area (Å²) in [5, 5.41) is 12.1. The number of aliphatic hydroxyl groups is 1. The van der Waals surface area contributed by atoms with Crippen LogP contribution in [0.1, 0.15) is 33.1 Å². The molecule has 0 saturated carbocycles. The molecular formula is C8H19NO. The maximum Gasteiger partial charge on any atom is 0.0512 e. The maximum atomic E-state index is 8.89. The average molecular weight is 145 g/mol. The highest BCUT2D eigenvalue weighted by molar-refractivity contribution is 4.49. The zero-order valence-corrected chi connectivity index (χ0v) is 7.06. The summed E-state index contributed by atoms with van der Waals surface area (Å²) in [6.07, 6.45) is 3.12. The van der Waals surface area contributed by atoms with Crippen molar-refractivity contribution >= 4 is 0 Å². The van der Waals surface area contributed by atoms with Crippen LogP contribution in [0.3, 0.4) is 0 Å². The summed E-state index contributed by atoms with van der Waals surface area (Å²) in [4.78, 5) is 0. The molecule has 1 atom stereocenters. The minimum atomic E-state index is -0.123. The van der Waals surface area contributed by atoms with Gasteiger partial charge in [-0.05, 0) is 39.3 Å². The molecule has 0 aliphatic rings. The van der Waals surface area contributed by atoms with Gasteiger partial charge in [0.15, 0.2) is 0 Å². The fourth-order valence-corrected chi connectivity index (χ4v) is 0.867. The van der Waals surface area contributed by atoms with Gasteiger partial charge in [0.05, 0.1) is 6.10 Å². The van der Waals surface area contributed by atoms with Crippen LogP contribution in [0.15, 0.2) is 0 Å². The van der Waals surface area contributed by atoms with Gasteiger partial charge in [-0.1, -0.05) is 6.92 Å². The number of rotatable bonds is 6. The van der Waals surface area contributed by atoms with Crippen molar-refractivity contribution in [3.63, 3.8) is 0 Å². The monoisotopic (exact) mass is 145 g/mol. The van der Waals surface area contributed by atoms with Gasteiger partial charge in [0.2, 0.25) is 0 Å². The minimum absolute atomic E-state index is 0.123. The van der Waals surface area contributed by atoms with E-state index in [1.165, 1.54) is 6.42 Å². The molecule has 0 bridgehead atoms. The lowest BCUT2D eigenvalue weighted by Gasteiger charge is -2.03. The quantitative estimate of drug-likeness (QED) is 0.549. The number of hydrogen-bond acceptors (Lipinski definition) is 2. The molecule has 2 heteroatoms. The minimum Gasteiger partial charge on any atom is -0.393 e. The standard InChI is InChI=1S/C8H19NO/c1-3-9-7-5-4-6-8(2)10/h8-10H,3-7H2,1-2H3. The van der Waals surface area contributed by atoms with Gasteiger partial charge in [0.25, 0.3) is 0 Å². The van der Waals surface area contributed by atoms with Gasteiger partial charge < -0.3 is 10.4 Å². The van der Waals surface area contributed by atoms with Crippen LogP contribution in [-0.2, 0) is 0 Å². The molecule has 2 N–H and O–H groups in total. The van der Waals surface area contributed by atoms with Crippen LogP contribution >= 0.6 is 0 Å². The molecule has 2 nitrogen and oxygen atoms in total. The Bertz CT molecular complexity index is 64.3. The Morgan fingerprint density at radius 3 is 2.60 bits per heavy atom. The second-order valence-electron chi connectivity index (χ2n) is 2.70. The first kappa shape index (κ1) is 9.92. The van der Waals surface area contributed by atoms with Crippen molar-refractivity contribution in [3.8, 4) is 0 Å². The first-order chi connectivity index (χ1) is 4.77. The number of hydrogen-bond donors (Lipinski definition) is 2. The SMILES string of the molecule is CCNCCCCC(C)O. The molecule has 0 radical (unpaired) electrons. The Kier molecular flexibility index (Phi) is 6.98. The largest absolute Gasteiger partial charge is 0.393 e. The van der Waals surface area contributed by atoms with E-state index >= 15 is 0 Å². The summed E-state index contributed by atoms with van der Waals surface area (Å²) in [5.74, 6) is 0. The molecular weight excluding hydrogens is 126 g/mol. The Hall–Kier alpha value is -0.0800. The van der Waals surface area contributed by atoms with Crippen LogP contribution in [0, 0.1) is 0 Å². The Morgan fingerprint density at radius 1 is 1.40 bits per heavy atom. The lowest BCUT2D eigenvalue weighted by atomic mass is 10.2. The summed E-state index contributed by atoms with van der Waals surface area (Å²) in [5.41, 5.74) is 0.